The molecule has 2 N–H and O–H groups in total. The summed E-state index contributed by atoms with van der Waals surface area (Å²) in [5.41, 5.74) is 0.725. The minimum absolute atomic E-state index is 0.00861. The van der Waals surface area contributed by atoms with Gasteiger partial charge in [0.25, 0.3) is 15.9 Å². The fourth-order valence-electron chi connectivity index (χ4n) is 2.50. The van der Waals surface area contributed by atoms with E-state index in [4.69, 9.17) is 11.6 Å². The molecule has 2 aromatic carbocycles. The number of hydrogen-bond acceptors (Lipinski definition) is 7. The van der Waals surface area contributed by atoms with Crippen molar-refractivity contribution >= 4 is 50.5 Å². The van der Waals surface area contributed by atoms with E-state index in [1.165, 1.54) is 43.5 Å². The monoisotopic (exact) mass is 471 g/mol. The molecule has 1 atom stereocenters. The fraction of sp³-hybridized carbons (Fsp3) is 0.0952. The average Bonchev–Trinajstić information content (AvgIpc) is 2.76. The van der Waals surface area contributed by atoms with Crippen LogP contribution in [0.4, 0.5) is 17.2 Å². The smallest absolute Gasteiger partial charge is 0.263 e. The number of nitrogens with one attached hydrogen (secondary N) is 2. The number of hydrogen-bond donors (Lipinski definition) is 2. The molecular weight excluding hydrogens is 454 g/mol. The maximum atomic E-state index is 12.4. The summed E-state index contributed by atoms with van der Waals surface area (Å²) in [6, 6.07) is 15.3. The second-order valence-electron chi connectivity index (χ2n) is 6.54. The zero-order valence-corrected chi connectivity index (χ0v) is 18.3. The highest BCUT2D eigenvalue weighted by molar-refractivity contribution is 7.92. The third-order valence-electron chi connectivity index (χ3n) is 4.08. The number of azo groups is 1. The van der Waals surface area contributed by atoms with Crippen LogP contribution in [0.15, 0.2) is 88.1 Å². The first-order valence-electron chi connectivity index (χ1n) is 9.26. The number of carbonyl (C=O) groups excluding carboxylic acids is 2. The van der Waals surface area contributed by atoms with E-state index in [9.17, 15) is 18.0 Å². The Kier molecular flexibility index (Phi) is 7.29. The summed E-state index contributed by atoms with van der Waals surface area (Å²) in [6.45, 7) is 1.23. The van der Waals surface area contributed by atoms with E-state index in [0.717, 1.165) is 0 Å². The van der Waals surface area contributed by atoms with Crippen LogP contribution in [0.25, 0.3) is 0 Å². The van der Waals surface area contributed by atoms with Crippen molar-refractivity contribution in [3.63, 3.8) is 0 Å². The van der Waals surface area contributed by atoms with Gasteiger partial charge in [0, 0.05) is 16.9 Å². The Morgan fingerprint density at radius 1 is 1.00 bits per heavy atom. The molecule has 1 aromatic heterocycles. The molecule has 0 aliphatic heterocycles. The largest absolute Gasteiger partial charge is 0.324 e. The zero-order chi connectivity index (χ0) is 23.1. The number of carbonyl (C=O) groups is 2. The summed E-state index contributed by atoms with van der Waals surface area (Å²) < 4.78 is 27.2. The van der Waals surface area contributed by atoms with Crippen LogP contribution in [-0.2, 0) is 19.6 Å². The lowest BCUT2D eigenvalue weighted by Crippen LogP contribution is -2.31. The number of amides is 1. The van der Waals surface area contributed by atoms with Crippen molar-refractivity contribution in [2.45, 2.75) is 17.9 Å². The molecule has 0 saturated heterocycles. The number of benzene rings is 2. The summed E-state index contributed by atoms with van der Waals surface area (Å²) in [6.07, 6.45) is 1.47. The van der Waals surface area contributed by atoms with Gasteiger partial charge < -0.3 is 5.32 Å². The highest BCUT2D eigenvalue weighted by Crippen LogP contribution is 2.20. The Morgan fingerprint density at radius 2 is 1.69 bits per heavy atom. The van der Waals surface area contributed by atoms with Gasteiger partial charge >= 0.3 is 0 Å². The van der Waals surface area contributed by atoms with E-state index in [1.807, 2.05) is 0 Å². The molecule has 32 heavy (non-hydrogen) atoms. The second kappa shape index (κ2) is 10.1. The number of Topliss-reactive ketones (excluding diaryl/α,β-unsaturated/α-hetero) is 1. The number of aromatic nitrogens is 1. The van der Waals surface area contributed by atoms with Crippen molar-refractivity contribution in [1.29, 1.82) is 0 Å². The van der Waals surface area contributed by atoms with Crippen molar-refractivity contribution in [2.24, 2.45) is 10.2 Å². The molecule has 3 rings (SSSR count). The normalized spacial score (nSPS) is 12.3. The number of nitrogens with zero attached hydrogens (tertiary/aromatic N) is 3. The number of halogens is 1. The lowest BCUT2D eigenvalue weighted by atomic mass is 10.2. The molecule has 1 amide bonds. The van der Waals surface area contributed by atoms with E-state index < -0.39 is 27.8 Å². The molecule has 0 spiro atoms. The van der Waals surface area contributed by atoms with E-state index >= 15 is 0 Å². The molecule has 9 nitrogen and oxygen atoms in total. The first-order valence-corrected chi connectivity index (χ1v) is 11.1. The van der Waals surface area contributed by atoms with Crippen molar-refractivity contribution in [3.05, 3.63) is 77.9 Å². The quantitative estimate of drug-likeness (QED) is 0.375. The lowest BCUT2D eigenvalue weighted by molar-refractivity contribution is -0.126. The van der Waals surface area contributed by atoms with Gasteiger partial charge in [0.15, 0.2) is 5.78 Å². The number of pyridine rings is 1. The van der Waals surface area contributed by atoms with Crippen LogP contribution in [0.2, 0.25) is 5.02 Å². The predicted molar refractivity (Wildman–Crippen MR) is 121 cm³/mol. The molecule has 0 aliphatic rings. The Bertz CT molecular complexity index is 1230. The molecule has 1 heterocycles. The molecule has 0 bridgehead atoms. The molecule has 0 aliphatic carbocycles. The second-order valence-corrected chi connectivity index (χ2v) is 8.66. The van der Waals surface area contributed by atoms with Crippen LogP contribution in [0, 0.1) is 0 Å². The molecule has 0 radical (unpaired) electrons. The average molecular weight is 472 g/mol. The first-order chi connectivity index (χ1) is 15.2. The maximum Gasteiger partial charge on any atom is 0.263 e. The van der Waals surface area contributed by atoms with Gasteiger partial charge in [-0.05, 0) is 67.6 Å². The number of sulfonamides is 1. The SMILES string of the molecule is CC(=O)C(N=Nc1ccc(S(=O)(=O)Nc2ccccn2)cc1)C(=O)Nc1ccc(Cl)cc1. The lowest BCUT2D eigenvalue weighted by Gasteiger charge is -2.09. The Hall–Kier alpha value is -3.63. The molecule has 0 fully saturated rings. The molecule has 164 valence electrons. The molecular formula is C21H18ClN5O4S. The Balaban J connectivity index is 1.70. The molecule has 0 saturated carbocycles. The number of rotatable bonds is 8. The summed E-state index contributed by atoms with van der Waals surface area (Å²) in [5.74, 6) is -0.964. The van der Waals surface area contributed by atoms with Crippen molar-refractivity contribution in [2.75, 3.05) is 10.0 Å². The third-order valence-corrected chi connectivity index (χ3v) is 5.71. The van der Waals surface area contributed by atoms with Gasteiger partial charge in [-0.1, -0.05) is 17.7 Å². The van der Waals surface area contributed by atoms with Crippen LogP contribution in [0.1, 0.15) is 6.92 Å². The first kappa shape index (κ1) is 23.0. The zero-order valence-electron chi connectivity index (χ0n) is 16.8. The van der Waals surface area contributed by atoms with Crippen LogP contribution in [0.5, 0.6) is 0 Å². The van der Waals surface area contributed by atoms with Crippen LogP contribution in [-0.4, -0.2) is 31.1 Å². The Labute approximate surface area is 189 Å². The molecule has 11 heteroatoms. The third kappa shape index (κ3) is 6.19. The van der Waals surface area contributed by atoms with Gasteiger partial charge in [0.2, 0.25) is 6.04 Å². The number of ketones is 1. The highest BCUT2D eigenvalue weighted by atomic mass is 35.5. The van der Waals surface area contributed by atoms with Crippen molar-refractivity contribution in [3.8, 4) is 0 Å². The van der Waals surface area contributed by atoms with Crippen LogP contribution >= 0.6 is 11.6 Å². The topological polar surface area (TPSA) is 130 Å². The van der Waals surface area contributed by atoms with Gasteiger partial charge in [0.1, 0.15) is 5.82 Å². The van der Waals surface area contributed by atoms with E-state index in [2.05, 4.69) is 25.3 Å². The molecule has 1 unspecified atom stereocenters. The number of anilines is 2. The minimum Gasteiger partial charge on any atom is -0.324 e. The summed E-state index contributed by atoms with van der Waals surface area (Å²) in [5, 5.41) is 10.8. The standard InChI is InChI=1S/C21H18ClN5O4S/c1-14(28)20(21(29)24-16-7-5-15(22)6-8-16)26-25-17-9-11-18(12-10-17)32(30,31)27-19-4-2-3-13-23-19/h2-13,20H,1H3,(H,23,27)(H,24,29). The fourth-order valence-corrected chi connectivity index (χ4v) is 3.63. The van der Waals surface area contributed by atoms with Gasteiger partial charge in [-0.25, -0.2) is 13.4 Å². The van der Waals surface area contributed by atoms with E-state index in [-0.39, 0.29) is 16.4 Å². The van der Waals surface area contributed by atoms with Gasteiger partial charge in [-0.2, -0.15) is 10.2 Å². The van der Waals surface area contributed by atoms with Gasteiger partial charge in [-0.3, -0.25) is 14.3 Å². The van der Waals surface area contributed by atoms with E-state index in [1.54, 1.807) is 36.4 Å². The summed E-state index contributed by atoms with van der Waals surface area (Å²) in [4.78, 5) is 28.2. The van der Waals surface area contributed by atoms with E-state index in [0.29, 0.717) is 10.7 Å². The summed E-state index contributed by atoms with van der Waals surface area (Å²) in [7, 11) is -3.84. The maximum absolute atomic E-state index is 12.4. The minimum atomic E-state index is -3.84. The molecule has 3 aromatic rings. The van der Waals surface area contributed by atoms with Gasteiger partial charge in [0.05, 0.1) is 10.6 Å². The predicted octanol–water partition coefficient (Wildman–Crippen LogP) is 4.22. The van der Waals surface area contributed by atoms with Crippen molar-refractivity contribution in [1.82, 2.24) is 4.98 Å². The highest BCUT2D eigenvalue weighted by Gasteiger charge is 2.23. The summed E-state index contributed by atoms with van der Waals surface area (Å²) >= 11 is 5.81. The van der Waals surface area contributed by atoms with Crippen molar-refractivity contribution < 1.29 is 18.0 Å². The van der Waals surface area contributed by atoms with Gasteiger partial charge in [-0.15, -0.1) is 0 Å². The van der Waals surface area contributed by atoms with Crippen LogP contribution < -0.4 is 10.0 Å². The Morgan fingerprint density at radius 3 is 2.28 bits per heavy atom. The van der Waals surface area contributed by atoms with Crippen LogP contribution in [0.3, 0.4) is 0 Å².